The minimum Gasteiger partial charge on any atom is -0.490 e. The summed E-state index contributed by atoms with van der Waals surface area (Å²) in [6, 6.07) is 7.89. The van der Waals surface area contributed by atoms with Crippen LogP contribution in [0.2, 0.25) is 0 Å². The quantitative estimate of drug-likeness (QED) is 0.302. The molecule has 0 aromatic heterocycles. The number of urea groups is 1. The molecule has 0 bridgehead atoms. The summed E-state index contributed by atoms with van der Waals surface area (Å²) in [6.45, 7) is 3.40. The standard InChI is InChI=1S/C29H34F6N4O6/c30-28(31,32)44-22-3-1-2-19(16-22)18-37-27(41)38-20-4-6-21(7-5-20)43-25-9-8-23(45-29(33,34)35)17-24(25)26(40)36-10-11-39-12-14-42-15-13-39/h1-3,8-9,16-17,20-21H,4-7,10-15,18H2,(H,36,40)(H2,37,38,41). The lowest BCUT2D eigenvalue weighted by Crippen LogP contribution is -2.44. The van der Waals surface area contributed by atoms with Crippen LogP contribution in [0.1, 0.15) is 41.6 Å². The van der Waals surface area contributed by atoms with Crippen molar-refractivity contribution >= 4 is 11.9 Å². The van der Waals surface area contributed by atoms with E-state index in [1.54, 1.807) is 6.07 Å². The summed E-state index contributed by atoms with van der Waals surface area (Å²) in [4.78, 5) is 27.5. The number of carbonyl (C=O) groups is 2. The van der Waals surface area contributed by atoms with Gasteiger partial charge in [0.05, 0.1) is 24.9 Å². The summed E-state index contributed by atoms with van der Waals surface area (Å²) in [5.41, 5.74) is 0.319. The number of ether oxygens (including phenoxy) is 4. The third-order valence-electron chi connectivity index (χ3n) is 7.13. The average molecular weight is 649 g/mol. The number of benzene rings is 2. The van der Waals surface area contributed by atoms with Crippen LogP contribution in [0.15, 0.2) is 42.5 Å². The van der Waals surface area contributed by atoms with Crippen LogP contribution in [0.5, 0.6) is 17.2 Å². The van der Waals surface area contributed by atoms with Crippen LogP contribution < -0.4 is 30.2 Å². The second-order valence-electron chi connectivity index (χ2n) is 10.5. The Kier molecular flexibility index (Phi) is 11.6. The molecule has 45 heavy (non-hydrogen) atoms. The molecular weight excluding hydrogens is 614 g/mol. The molecule has 1 aliphatic heterocycles. The van der Waals surface area contributed by atoms with E-state index in [0.717, 1.165) is 18.2 Å². The summed E-state index contributed by atoms with van der Waals surface area (Å²) in [5.74, 6) is -1.43. The van der Waals surface area contributed by atoms with Gasteiger partial charge >= 0.3 is 18.8 Å². The molecule has 3 amide bonds. The van der Waals surface area contributed by atoms with E-state index in [4.69, 9.17) is 9.47 Å². The highest BCUT2D eigenvalue weighted by Crippen LogP contribution is 2.31. The van der Waals surface area contributed by atoms with Gasteiger partial charge in [0.1, 0.15) is 17.2 Å². The van der Waals surface area contributed by atoms with Gasteiger partial charge in [0, 0.05) is 38.8 Å². The van der Waals surface area contributed by atoms with Gasteiger partial charge in [-0.1, -0.05) is 12.1 Å². The third-order valence-corrected chi connectivity index (χ3v) is 7.13. The second-order valence-corrected chi connectivity index (χ2v) is 10.5. The molecule has 1 heterocycles. The van der Waals surface area contributed by atoms with E-state index < -0.39 is 36.2 Å². The molecule has 1 aliphatic carbocycles. The zero-order valence-electron chi connectivity index (χ0n) is 24.1. The molecule has 0 spiro atoms. The number of nitrogens with one attached hydrogen (secondary N) is 3. The Morgan fingerprint density at radius 1 is 0.867 bits per heavy atom. The van der Waals surface area contributed by atoms with Gasteiger partial charge in [-0.15, -0.1) is 26.3 Å². The first-order valence-corrected chi connectivity index (χ1v) is 14.4. The lowest BCUT2D eigenvalue weighted by Gasteiger charge is -2.30. The normalized spacial score (nSPS) is 19.3. The van der Waals surface area contributed by atoms with Crippen molar-refractivity contribution in [2.45, 2.75) is 57.1 Å². The van der Waals surface area contributed by atoms with Crippen LogP contribution in [-0.4, -0.2) is 81.1 Å². The van der Waals surface area contributed by atoms with E-state index in [0.29, 0.717) is 64.1 Å². The monoisotopic (exact) mass is 648 g/mol. The minimum absolute atomic E-state index is 0.0231. The predicted molar refractivity (Wildman–Crippen MR) is 148 cm³/mol. The highest BCUT2D eigenvalue weighted by atomic mass is 19.4. The first kappa shape index (κ1) is 34.0. The molecule has 0 radical (unpaired) electrons. The first-order valence-electron chi connectivity index (χ1n) is 14.4. The van der Waals surface area contributed by atoms with Crippen molar-refractivity contribution in [3.63, 3.8) is 0 Å². The number of alkyl halides is 6. The Balaban J connectivity index is 1.27. The molecule has 1 saturated heterocycles. The zero-order valence-corrected chi connectivity index (χ0v) is 24.1. The molecule has 4 rings (SSSR count). The minimum atomic E-state index is -4.93. The van der Waals surface area contributed by atoms with Gasteiger partial charge in [0.2, 0.25) is 0 Å². The lowest BCUT2D eigenvalue weighted by molar-refractivity contribution is -0.275. The largest absolute Gasteiger partial charge is 0.573 e. The van der Waals surface area contributed by atoms with Gasteiger partial charge in [-0.2, -0.15) is 0 Å². The average Bonchev–Trinajstić information content (AvgIpc) is 2.97. The summed E-state index contributed by atoms with van der Waals surface area (Å²) in [5, 5.41) is 8.15. The number of halogens is 6. The van der Waals surface area contributed by atoms with Crippen molar-refractivity contribution in [2.75, 3.05) is 39.4 Å². The molecule has 0 unspecified atom stereocenters. The van der Waals surface area contributed by atoms with Gasteiger partial charge in [-0.05, 0) is 61.6 Å². The summed E-state index contributed by atoms with van der Waals surface area (Å²) >= 11 is 0. The zero-order chi connectivity index (χ0) is 32.5. The van der Waals surface area contributed by atoms with E-state index in [1.165, 1.54) is 18.2 Å². The number of rotatable bonds is 11. The fourth-order valence-corrected chi connectivity index (χ4v) is 5.01. The van der Waals surface area contributed by atoms with Crippen molar-refractivity contribution < 1.29 is 54.9 Å². The van der Waals surface area contributed by atoms with Crippen molar-refractivity contribution in [1.29, 1.82) is 0 Å². The number of hydrogen-bond donors (Lipinski definition) is 3. The number of morpholine rings is 1. The van der Waals surface area contributed by atoms with Crippen LogP contribution in [0.4, 0.5) is 31.1 Å². The lowest BCUT2D eigenvalue weighted by atomic mass is 9.93. The molecule has 0 atom stereocenters. The van der Waals surface area contributed by atoms with E-state index in [-0.39, 0.29) is 36.5 Å². The van der Waals surface area contributed by atoms with Crippen LogP contribution in [0.25, 0.3) is 0 Å². The number of hydrogen-bond acceptors (Lipinski definition) is 7. The Hall–Kier alpha value is -3.92. The van der Waals surface area contributed by atoms with Gasteiger partial charge in [-0.25, -0.2) is 4.79 Å². The smallest absolute Gasteiger partial charge is 0.490 e. The molecule has 10 nitrogen and oxygen atoms in total. The SMILES string of the molecule is O=C(NCc1cccc(OC(F)(F)F)c1)NC1CCC(Oc2ccc(OC(F)(F)F)cc2C(=O)NCCN2CCOCC2)CC1. The fraction of sp³-hybridized carbons (Fsp3) is 0.517. The van der Waals surface area contributed by atoms with Crippen molar-refractivity contribution in [1.82, 2.24) is 20.9 Å². The van der Waals surface area contributed by atoms with E-state index in [9.17, 15) is 35.9 Å². The number of amides is 3. The molecule has 2 aromatic rings. The molecule has 16 heteroatoms. The fourth-order valence-electron chi connectivity index (χ4n) is 5.01. The van der Waals surface area contributed by atoms with Crippen LogP contribution in [-0.2, 0) is 11.3 Å². The van der Waals surface area contributed by atoms with E-state index in [1.807, 2.05) is 0 Å². The Morgan fingerprint density at radius 3 is 2.20 bits per heavy atom. The number of nitrogens with zero attached hydrogens (tertiary/aromatic N) is 1. The van der Waals surface area contributed by atoms with E-state index >= 15 is 0 Å². The Labute approximate surface area is 255 Å². The highest BCUT2D eigenvalue weighted by Gasteiger charge is 2.33. The third kappa shape index (κ3) is 11.8. The van der Waals surface area contributed by atoms with Crippen LogP contribution in [0, 0.1) is 0 Å². The van der Waals surface area contributed by atoms with Gasteiger partial charge in [-0.3, -0.25) is 9.69 Å². The summed E-state index contributed by atoms with van der Waals surface area (Å²) in [7, 11) is 0. The maximum atomic E-state index is 13.0. The topological polar surface area (TPSA) is 110 Å². The molecule has 2 fully saturated rings. The van der Waals surface area contributed by atoms with Crippen molar-refractivity contribution in [3.8, 4) is 17.2 Å². The maximum absolute atomic E-state index is 13.0. The molecule has 2 aromatic carbocycles. The van der Waals surface area contributed by atoms with Crippen LogP contribution >= 0.6 is 0 Å². The second kappa shape index (κ2) is 15.4. The Morgan fingerprint density at radius 2 is 1.53 bits per heavy atom. The number of carbonyl (C=O) groups excluding carboxylic acids is 2. The van der Waals surface area contributed by atoms with E-state index in [2.05, 4.69) is 30.3 Å². The van der Waals surface area contributed by atoms with Crippen molar-refractivity contribution in [3.05, 3.63) is 53.6 Å². The van der Waals surface area contributed by atoms with Crippen LogP contribution in [0.3, 0.4) is 0 Å². The molecule has 2 aliphatic rings. The molecule has 1 saturated carbocycles. The Bertz CT molecular complexity index is 1280. The maximum Gasteiger partial charge on any atom is 0.573 e. The van der Waals surface area contributed by atoms with Gasteiger partial charge < -0.3 is 34.9 Å². The molecular formula is C29H34F6N4O6. The van der Waals surface area contributed by atoms with Gasteiger partial charge in [0.25, 0.3) is 5.91 Å². The molecule has 3 N–H and O–H groups in total. The molecule has 248 valence electrons. The van der Waals surface area contributed by atoms with Crippen molar-refractivity contribution in [2.24, 2.45) is 0 Å². The predicted octanol–water partition coefficient (Wildman–Crippen LogP) is 4.74. The van der Waals surface area contributed by atoms with Gasteiger partial charge in [0.15, 0.2) is 0 Å². The first-order chi connectivity index (χ1) is 21.3. The highest BCUT2D eigenvalue weighted by molar-refractivity contribution is 5.97. The summed E-state index contributed by atoms with van der Waals surface area (Å²) in [6.07, 6.45) is -8.12. The summed E-state index contributed by atoms with van der Waals surface area (Å²) < 4.78 is 95.1.